The molecule has 0 bridgehead atoms. The Hall–Kier alpha value is -3.27. The van der Waals surface area contributed by atoms with E-state index in [4.69, 9.17) is 27.9 Å². The fourth-order valence-electron chi connectivity index (χ4n) is 4.66. The van der Waals surface area contributed by atoms with Crippen molar-refractivity contribution in [3.8, 4) is 5.75 Å². The van der Waals surface area contributed by atoms with Gasteiger partial charge in [-0.1, -0.05) is 71.7 Å². The summed E-state index contributed by atoms with van der Waals surface area (Å²) in [7, 11) is -2.21. The zero-order valence-corrected chi connectivity index (χ0v) is 27.5. The van der Waals surface area contributed by atoms with Crippen LogP contribution in [0.1, 0.15) is 44.7 Å². The lowest BCUT2D eigenvalue weighted by molar-refractivity contribution is -0.142. The standard InChI is InChI=1S/C32H39Cl2N3O5S/c1-32(2,3)35-31(39)28(20-23-12-7-6-8-13-23)36(22-24-17-18-25(33)21-26(24)34)30(38)16-11-19-37(43(5,40)41)27-14-9-10-15-29(27)42-4/h6-10,12-15,17-18,21,28H,11,16,19-20,22H2,1-5H3,(H,35,39)/t28-/m0/s1. The molecule has 0 aliphatic carbocycles. The molecule has 11 heteroatoms. The summed E-state index contributed by atoms with van der Waals surface area (Å²) in [4.78, 5) is 29.3. The van der Waals surface area contributed by atoms with E-state index in [-0.39, 0.29) is 44.2 Å². The summed E-state index contributed by atoms with van der Waals surface area (Å²) in [5, 5.41) is 3.85. The lowest BCUT2D eigenvalue weighted by Gasteiger charge is -2.34. The van der Waals surface area contributed by atoms with Crippen LogP contribution in [-0.2, 0) is 32.6 Å². The summed E-state index contributed by atoms with van der Waals surface area (Å²) in [6.45, 7) is 5.74. The molecule has 0 unspecified atom stereocenters. The van der Waals surface area contributed by atoms with Crippen LogP contribution in [0.25, 0.3) is 0 Å². The molecule has 0 saturated heterocycles. The fourth-order valence-corrected chi connectivity index (χ4v) is 6.10. The maximum absolute atomic E-state index is 14.0. The molecule has 1 N–H and O–H groups in total. The number of ether oxygens (including phenoxy) is 1. The van der Waals surface area contributed by atoms with E-state index in [1.54, 1.807) is 42.5 Å². The van der Waals surface area contributed by atoms with E-state index >= 15 is 0 Å². The van der Waals surface area contributed by atoms with Crippen molar-refractivity contribution in [2.45, 2.75) is 58.2 Å². The Labute approximate surface area is 265 Å². The molecule has 0 fully saturated rings. The van der Waals surface area contributed by atoms with Gasteiger partial charge in [0.1, 0.15) is 11.8 Å². The molecule has 2 amide bonds. The third-order valence-corrected chi connectivity index (χ3v) is 8.40. The third-order valence-electron chi connectivity index (χ3n) is 6.63. The largest absolute Gasteiger partial charge is 0.495 e. The van der Waals surface area contributed by atoms with Crippen LogP contribution in [0.2, 0.25) is 10.0 Å². The molecule has 3 rings (SSSR count). The number of benzene rings is 3. The predicted octanol–water partition coefficient (Wildman–Crippen LogP) is 6.10. The average molecular weight is 649 g/mol. The summed E-state index contributed by atoms with van der Waals surface area (Å²) in [5.41, 5.74) is 1.36. The number of para-hydroxylation sites is 2. The van der Waals surface area contributed by atoms with Crippen LogP contribution >= 0.6 is 23.2 Å². The number of carbonyl (C=O) groups excluding carboxylic acids is 2. The number of carbonyl (C=O) groups is 2. The minimum Gasteiger partial charge on any atom is -0.495 e. The van der Waals surface area contributed by atoms with Gasteiger partial charge < -0.3 is 15.0 Å². The Morgan fingerprint density at radius 1 is 0.977 bits per heavy atom. The highest BCUT2D eigenvalue weighted by molar-refractivity contribution is 7.92. The highest BCUT2D eigenvalue weighted by Gasteiger charge is 2.33. The van der Waals surface area contributed by atoms with E-state index in [1.807, 2.05) is 51.1 Å². The van der Waals surface area contributed by atoms with E-state index in [0.717, 1.165) is 11.8 Å². The fraction of sp³-hybridized carbons (Fsp3) is 0.375. The SMILES string of the molecule is COc1ccccc1N(CCCC(=O)N(Cc1ccc(Cl)cc1Cl)[C@@H](Cc1ccccc1)C(=O)NC(C)(C)C)S(C)(=O)=O. The van der Waals surface area contributed by atoms with E-state index in [1.165, 1.54) is 16.3 Å². The number of nitrogens with zero attached hydrogens (tertiary/aromatic N) is 2. The van der Waals surface area contributed by atoms with Gasteiger partial charge in [0.25, 0.3) is 0 Å². The first kappa shape index (κ1) is 34.2. The zero-order chi connectivity index (χ0) is 31.8. The molecule has 3 aromatic carbocycles. The van der Waals surface area contributed by atoms with Gasteiger partial charge in [-0.05, 0) is 62.6 Å². The maximum Gasteiger partial charge on any atom is 0.243 e. The van der Waals surface area contributed by atoms with Crippen molar-refractivity contribution in [2.75, 3.05) is 24.2 Å². The molecular weight excluding hydrogens is 609 g/mol. The van der Waals surface area contributed by atoms with Gasteiger partial charge in [-0.25, -0.2) is 8.42 Å². The number of methoxy groups -OCH3 is 1. The molecule has 0 saturated carbocycles. The van der Waals surface area contributed by atoms with Crippen molar-refractivity contribution >= 4 is 50.7 Å². The quantitative estimate of drug-likeness (QED) is 0.242. The van der Waals surface area contributed by atoms with Crippen LogP contribution in [0.15, 0.2) is 72.8 Å². The van der Waals surface area contributed by atoms with Gasteiger partial charge >= 0.3 is 0 Å². The van der Waals surface area contributed by atoms with E-state index in [9.17, 15) is 18.0 Å². The number of amides is 2. The van der Waals surface area contributed by atoms with E-state index < -0.39 is 21.6 Å². The van der Waals surface area contributed by atoms with Crippen LogP contribution < -0.4 is 14.4 Å². The molecule has 0 aliphatic heterocycles. The van der Waals surface area contributed by atoms with Crippen molar-refractivity contribution in [3.05, 3.63) is 94.0 Å². The van der Waals surface area contributed by atoms with Crippen molar-refractivity contribution in [3.63, 3.8) is 0 Å². The van der Waals surface area contributed by atoms with Gasteiger partial charge in [0, 0.05) is 41.5 Å². The van der Waals surface area contributed by atoms with Gasteiger partial charge in [0.05, 0.1) is 19.1 Å². The van der Waals surface area contributed by atoms with Gasteiger partial charge in [-0.3, -0.25) is 13.9 Å². The van der Waals surface area contributed by atoms with Crippen LogP contribution in [-0.4, -0.2) is 56.6 Å². The summed E-state index contributed by atoms with van der Waals surface area (Å²) in [6, 6.07) is 20.4. The minimum atomic E-state index is -3.68. The molecule has 1 atom stereocenters. The first-order chi connectivity index (χ1) is 20.2. The first-order valence-corrected chi connectivity index (χ1v) is 16.5. The van der Waals surface area contributed by atoms with Gasteiger partial charge in [0.2, 0.25) is 21.8 Å². The Kier molecular flexibility index (Phi) is 11.9. The van der Waals surface area contributed by atoms with Crippen molar-refractivity contribution in [1.82, 2.24) is 10.2 Å². The van der Waals surface area contributed by atoms with Gasteiger partial charge in [-0.2, -0.15) is 0 Å². The second-order valence-corrected chi connectivity index (χ2v) is 14.1. The molecule has 43 heavy (non-hydrogen) atoms. The number of halogens is 2. The molecule has 0 heterocycles. The van der Waals surface area contributed by atoms with Crippen molar-refractivity contribution in [1.29, 1.82) is 0 Å². The normalized spacial score (nSPS) is 12.3. The molecule has 3 aromatic rings. The minimum absolute atomic E-state index is 0.0134. The predicted molar refractivity (Wildman–Crippen MR) is 173 cm³/mol. The molecular formula is C32H39Cl2N3O5S. The maximum atomic E-state index is 14.0. The highest BCUT2D eigenvalue weighted by Crippen LogP contribution is 2.30. The smallest absolute Gasteiger partial charge is 0.243 e. The summed E-state index contributed by atoms with van der Waals surface area (Å²) < 4.78 is 32.1. The number of hydrogen-bond acceptors (Lipinski definition) is 5. The zero-order valence-electron chi connectivity index (χ0n) is 25.1. The summed E-state index contributed by atoms with van der Waals surface area (Å²) in [6.07, 6.45) is 1.58. The van der Waals surface area contributed by atoms with Crippen LogP contribution in [0.5, 0.6) is 5.75 Å². The van der Waals surface area contributed by atoms with Crippen LogP contribution in [0, 0.1) is 0 Å². The Bertz CT molecular complexity index is 1510. The topological polar surface area (TPSA) is 96.0 Å². The van der Waals surface area contributed by atoms with E-state index in [2.05, 4.69) is 5.32 Å². The second-order valence-electron chi connectivity index (χ2n) is 11.3. The number of sulfonamides is 1. The number of rotatable bonds is 13. The lowest BCUT2D eigenvalue weighted by atomic mass is 10.00. The van der Waals surface area contributed by atoms with Crippen molar-refractivity contribution in [2.24, 2.45) is 0 Å². The number of nitrogens with one attached hydrogen (secondary N) is 1. The van der Waals surface area contributed by atoms with Crippen molar-refractivity contribution < 1.29 is 22.7 Å². The van der Waals surface area contributed by atoms with Gasteiger partial charge in [0.15, 0.2) is 0 Å². The molecule has 0 aliphatic rings. The molecule has 8 nitrogen and oxygen atoms in total. The third kappa shape index (κ3) is 10.2. The molecule has 0 spiro atoms. The van der Waals surface area contributed by atoms with Gasteiger partial charge in [-0.15, -0.1) is 0 Å². The molecule has 232 valence electrons. The monoisotopic (exact) mass is 647 g/mol. The summed E-state index contributed by atoms with van der Waals surface area (Å²) >= 11 is 12.6. The van der Waals surface area contributed by atoms with Crippen LogP contribution in [0.4, 0.5) is 5.69 Å². The number of anilines is 1. The average Bonchev–Trinajstić information content (AvgIpc) is 2.93. The lowest BCUT2D eigenvalue weighted by Crippen LogP contribution is -2.54. The Morgan fingerprint density at radius 3 is 2.23 bits per heavy atom. The Balaban J connectivity index is 1.95. The summed E-state index contributed by atoms with van der Waals surface area (Å²) in [5.74, 6) is -0.217. The molecule has 0 radical (unpaired) electrons. The number of hydrogen-bond donors (Lipinski definition) is 1. The second kappa shape index (κ2) is 14.9. The highest BCUT2D eigenvalue weighted by atomic mass is 35.5. The Morgan fingerprint density at radius 2 is 1.63 bits per heavy atom. The first-order valence-electron chi connectivity index (χ1n) is 13.9. The molecule has 0 aromatic heterocycles. The van der Waals surface area contributed by atoms with E-state index in [0.29, 0.717) is 27.0 Å². The van der Waals surface area contributed by atoms with Crippen LogP contribution in [0.3, 0.4) is 0 Å².